The Morgan fingerprint density at radius 1 is 1.00 bits per heavy atom. The van der Waals surface area contributed by atoms with Crippen molar-refractivity contribution in [3.63, 3.8) is 0 Å². The molecule has 0 saturated carbocycles. The van der Waals surface area contributed by atoms with Crippen molar-refractivity contribution in [1.29, 1.82) is 0 Å². The van der Waals surface area contributed by atoms with Crippen molar-refractivity contribution in [2.75, 3.05) is 6.54 Å². The summed E-state index contributed by atoms with van der Waals surface area (Å²) in [5, 5.41) is 1.15. The zero-order valence-corrected chi connectivity index (χ0v) is 12.5. The summed E-state index contributed by atoms with van der Waals surface area (Å²) in [6.07, 6.45) is 1.55. The van der Waals surface area contributed by atoms with Gasteiger partial charge in [-0.1, -0.05) is 47.5 Å². The highest BCUT2D eigenvalue weighted by Crippen LogP contribution is 2.28. The highest BCUT2D eigenvalue weighted by Gasteiger charge is 2.12. The summed E-state index contributed by atoms with van der Waals surface area (Å²) in [5.74, 6) is 0.0207. The number of nitrogens with two attached hydrogens (primary N) is 1. The third kappa shape index (κ3) is 3.95. The van der Waals surface area contributed by atoms with Crippen LogP contribution >= 0.6 is 23.2 Å². The molecule has 2 N–H and O–H groups in total. The molecule has 0 radical (unpaired) electrons. The first kappa shape index (κ1) is 15.3. The van der Waals surface area contributed by atoms with Crippen molar-refractivity contribution in [3.05, 3.63) is 69.5 Å². The van der Waals surface area contributed by atoms with Crippen LogP contribution in [-0.4, -0.2) is 6.54 Å². The Morgan fingerprint density at radius 2 is 1.70 bits per heavy atom. The van der Waals surface area contributed by atoms with Gasteiger partial charge in [-0.15, -0.1) is 0 Å². The van der Waals surface area contributed by atoms with Gasteiger partial charge >= 0.3 is 0 Å². The average Bonchev–Trinajstić information content (AvgIpc) is 2.45. The Hall–Kier alpha value is -1.09. The van der Waals surface area contributed by atoms with Gasteiger partial charge in [0.1, 0.15) is 5.82 Å². The highest BCUT2D eigenvalue weighted by molar-refractivity contribution is 6.42. The number of rotatable bonds is 5. The maximum absolute atomic E-state index is 12.9. The molecule has 1 atom stereocenters. The summed E-state index contributed by atoms with van der Waals surface area (Å²) in [6, 6.07) is 12.1. The standard InChI is InChI=1S/C16H16Cl2FN/c17-15-3-1-2-13(16(15)18)9-12(10-20)8-11-4-6-14(19)7-5-11/h1-7,12H,8-10,20H2. The zero-order valence-electron chi connectivity index (χ0n) is 11.0. The van der Waals surface area contributed by atoms with Crippen molar-refractivity contribution in [2.45, 2.75) is 12.8 Å². The SMILES string of the molecule is NCC(Cc1ccc(F)cc1)Cc1cccc(Cl)c1Cl. The molecule has 0 aliphatic rings. The topological polar surface area (TPSA) is 26.0 Å². The fourth-order valence-electron chi connectivity index (χ4n) is 2.21. The lowest BCUT2D eigenvalue weighted by molar-refractivity contribution is 0.532. The van der Waals surface area contributed by atoms with E-state index in [-0.39, 0.29) is 11.7 Å². The minimum atomic E-state index is -0.226. The molecule has 0 spiro atoms. The molecule has 2 aromatic carbocycles. The number of halogens is 3. The van der Waals surface area contributed by atoms with E-state index >= 15 is 0 Å². The molecule has 0 fully saturated rings. The molecule has 0 aromatic heterocycles. The van der Waals surface area contributed by atoms with Gasteiger partial charge in [0, 0.05) is 0 Å². The van der Waals surface area contributed by atoms with Crippen LogP contribution in [-0.2, 0) is 12.8 Å². The van der Waals surface area contributed by atoms with E-state index in [0.29, 0.717) is 16.6 Å². The zero-order chi connectivity index (χ0) is 14.5. The molecule has 0 aliphatic heterocycles. The van der Waals surface area contributed by atoms with E-state index in [1.807, 2.05) is 12.1 Å². The van der Waals surface area contributed by atoms with Crippen molar-refractivity contribution in [1.82, 2.24) is 0 Å². The maximum atomic E-state index is 12.9. The molecule has 20 heavy (non-hydrogen) atoms. The molecule has 0 heterocycles. The summed E-state index contributed by atoms with van der Waals surface area (Å²) in [6.45, 7) is 0.542. The molecule has 1 nitrogen and oxygen atoms in total. The second-order valence-electron chi connectivity index (χ2n) is 4.85. The average molecular weight is 312 g/mol. The monoisotopic (exact) mass is 311 g/mol. The van der Waals surface area contributed by atoms with Crippen LogP contribution in [0.1, 0.15) is 11.1 Å². The number of benzene rings is 2. The molecule has 2 aromatic rings. The van der Waals surface area contributed by atoms with Gasteiger partial charge in [0.05, 0.1) is 10.0 Å². The lowest BCUT2D eigenvalue weighted by Crippen LogP contribution is -2.19. The van der Waals surface area contributed by atoms with Gasteiger partial charge in [-0.25, -0.2) is 4.39 Å². The molecule has 4 heteroatoms. The second-order valence-corrected chi connectivity index (χ2v) is 5.63. The van der Waals surface area contributed by atoms with Crippen molar-refractivity contribution in [3.8, 4) is 0 Å². The first-order valence-corrected chi connectivity index (χ1v) is 7.23. The van der Waals surface area contributed by atoms with Crippen LogP contribution in [0.3, 0.4) is 0 Å². The largest absolute Gasteiger partial charge is 0.330 e. The van der Waals surface area contributed by atoms with Crippen LogP contribution in [0.2, 0.25) is 10.0 Å². The Labute approximate surface area is 128 Å². The fraction of sp³-hybridized carbons (Fsp3) is 0.250. The number of hydrogen-bond donors (Lipinski definition) is 1. The summed E-state index contributed by atoms with van der Waals surface area (Å²) >= 11 is 12.2. The lowest BCUT2D eigenvalue weighted by Gasteiger charge is -2.16. The molecular weight excluding hydrogens is 296 g/mol. The smallest absolute Gasteiger partial charge is 0.123 e. The Kier molecular flexibility index (Phi) is 5.41. The molecule has 0 saturated heterocycles. The van der Waals surface area contributed by atoms with E-state index in [9.17, 15) is 4.39 Å². The van der Waals surface area contributed by atoms with E-state index in [4.69, 9.17) is 28.9 Å². The third-order valence-corrected chi connectivity index (χ3v) is 4.17. The number of hydrogen-bond acceptors (Lipinski definition) is 1. The summed E-state index contributed by atoms with van der Waals surface area (Å²) in [5.41, 5.74) is 7.90. The van der Waals surface area contributed by atoms with E-state index in [0.717, 1.165) is 24.0 Å². The van der Waals surface area contributed by atoms with Gasteiger partial charge in [-0.05, 0) is 54.6 Å². The van der Waals surface area contributed by atoms with E-state index in [1.165, 1.54) is 12.1 Å². The van der Waals surface area contributed by atoms with Crippen LogP contribution in [0.15, 0.2) is 42.5 Å². The molecule has 0 aliphatic carbocycles. The predicted molar refractivity (Wildman–Crippen MR) is 82.8 cm³/mol. The van der Waals surface area contributed by atoms with Crippen LogP contribution in [0.25, 0.3) is 0 Å². The van der Waals surface area contributed by atoms with Crippen molar-refractivity contribution in [2.24, 2.45) is 11.7 Å². The van der Waals surface area contributed by atoms with Gasteiger partial charge < -0.3 is 5.73 Å². The maximum Gasteiger partial charge on any atom is 0.123 e. The van der Waals surface area contributed by atoms with Gasteiger partial charge in [0.25, 0.3) is 0 Å². The Bertz CT molecular complexity index is 569. The predicted octanol–water partition coefficient (Wildman–Crippen LogP) is 4.49. The van der Waals surface area contributed by atoms with E-state index in [1.54, 1.807) is 18.2 Å². The van der Waals surface area contributed by atoms with Crippen molar-refractivity contribution >= 4 is 23.2 Å². The van der Waals surface area contributed by atoms with Crippen LogP contribution in [0.5, 0.6) is 0 Å². The fourth-order valence-corrected chi connectivity index (χ4v) is 2.61. The third-order valence-electron chi connectivity index (χ3n) is 3.31. The summed E-state index contributed by atoms with van der Waals surface area (Å²) in [7, 11) is 0. The normalized spacial score (nSPS) is 12.4. The Morgan fingerprint density at radius 3 is 2.35 bits per heavy atom. The van der Waals surface area contributed by atoms with Crippen LogP contribution in [0.4, 0.5) is 4.39 Å². The molecule has 106 valence electrons. The second kappa shape index (κ2) is 7.07. The summed E-state index contributed by atoms with van der Waals surface area (Å²) in [4.78, 5) is 0. The van der Waals surface area contributed by atoms with E-state index in [2.05, 4.69) is 0 Å². The summed E-state index contributed by atoms with van der Waals surface area (Å²) < 4.78 is 12.9. The minimum absolute atomic E-state index is 0.226. The molecule has 1 unspecified atom stereocenters. The first-order valence-electron chi connectivity index (χ1n) is 6.47. The Balaban J connectivity index is 2.09. The molecule has 0 amide bonds. The first-order chi connectivity index (χ1) is 9.60. The molecular formula is C16H16Cl2FN. The van der Waals surface area contributed by atoms with Gasteiger partial charge in [-0.2, -0.15) is 0 Å². The van der Waals surface area contributed by atoms with Crippen LogP contribution in [0, 0.1) is 11.7 Å². The molecule has 0 bridgehead atoms. The van der Waals surface area contributed by atoms with E-state index < -0.39 is 0 Å². The quantitative estimate of drug-likeness (QED) is 0.865. The van der Waals surface area contributed by atoms with Crippen molar-refractivity contribution < 1.29 is 4.39 Å². The molecule has 2 rings (SSSR count). The highest BCUT2D eigenvalue weighted by atomic mass is 35.5. The lowest BCUT2D eigenvalue weighted by atomic mass is 9.92. The van der Waals surface area contributed by atoms with Gasteiger partial charge in [0.15, 0.2) is 0 Å². The van der Waals surface area contributed by atoms with Gasteiger partial charge in [0.2, 0.25) is 0 Å². The van der Waals surface area contributed by atoms with Crippen LogP contribution < -0.4 is 5.73 Å². The van der Waals surface area contributed by atoms with Gasteiger partial charge in [-0.3, -0.25) is 0 Å². The minimum Gasteiger partial charge on any atom is -0.330 e.